The van der Waals surface area contributed by atoms with E-state index >= 15 is 0 Å². The molecular weight excluding hydrogens is 484 g/mol. The third kappa shape index (κ3) is 6.31. The van der Waals surface area contributed by atoms with Gasteiger partial charge in [-0.05, 0) is 48.9 Å². The fraction of sp³-hybridized carbons (Fsp3) is 0.0800. The summed E-state index contributed by atoms with van der Waals surface area (Å²) >= 11 is 2.77. The molecule has 0 spiro atoms. The third-order valence-electron chi connectivity index (χ3n) is 4.90. The molecule has 1 aromatic heterocycles. The molecule has 0 saturated heterocycles. The number of hydrogen-bond donors (Lipinski definition) is 2. The number of nitrogens with one attached hydrogen (secondary N) is 2. The smallest absolute Gasteiger partial charge is 0.269 e. The highest BCUT2D eigenvalue weighted by Crippen LogP contribution is 2.37. The number of amides is 2. The van der Waals surface area contributed by atoms with Crippen molar-refractivity contribution in [2.75, 3.05) is 10.6 Å². The van der Waals surface area contributed by atoms with Crippen LogP contribution in [-0.2, 0) is 4.79 Å². The summed E-state index contributed by atoms with van der Waals surface area (Å²) in [6.45, 7) is 1.87. The maximum absolute atomic E-state index is 13.1. The first-order valence-corrected chi connectivity index (χ1v) is 12.3. The summed E-state index contributed by atoms with van der Waals surface area (Å²) in [6, 6.07) is 22.0. The molecule has 0 aliphatic carbocycles. The molecule has 4 rings (SSSR count). The minimum Gasteiger partial charge on any atom is -0.322 e. The number of thiazole rings is 1. The Morgan fingerprint density at radius 3 is 2.26 bits per heavy atom. The van der Waals surface area contributed by atoms with Crippen LogP contribution >= 0.6 is 23.1 Å². The SMILES string of the molecule is Cc1csc(NC(=O)C(Sc2ccc(NC(=O)c3ccc([N+](=O)[O-])cc3)cc2)c2ccccc2)n1. The molecule has 8 nitrogen and oxygen atoms in total. The lowest BCUT2D eigenvalue weighted by molar-refractivity contribution is -0.384. The predicted molar refractivity (Wildman–Crippen MR) is 138 cm³/mol. The van der Waals surface area contributed by atoms with E-state index in [9.17, 15) is 19.7 Å². The molecule has 2 N–H and O–H groups in total. The van der Waals surface area contributed by atoms with Crippen molar-refractivity contribution in [1.29, 1.82) is 0 Å². The van der Waals surface area contributed by atoms with Gasteiger partial charge in [0.1, 0.15) is 5.25 Å². The Morgan fingerprint density at radius 1 is 0.971 bits per heavy atom. The summed E-state index contributed by atoms with van der Waals surface area (Å²) in [7, 11) is 0. The Balaban J connectivity index is 1.45. The number of nitrogens with zero attached hydrogens (tertiary/aromatic N) is 2. The lowest BCUT2D eigenvalue weighted by Crippen LogP contribution is -2.19. The Hall–Kier alpha value is -4.02. The van der Waals surface area contributed by atoms with E-state index in [-0.39, 0.29) is 17.5 Å². The number of aromatic nitrogens is 1. The molecule has 0 radical (unpaired) electrons. The van der Waals surface area contributed by atoms with Crippen molar-refractivity contribution in [3.8, 4) is 0 Å². The molecule has 1 atom stereocenters. The second-order valence-electron chi connectivity index (χ2n) is 7.47. The van der Waals surface area contributed by atoms with Crippen LogP contribution in [0.3, 0.4) is 0 Å². The number of anilines is 2. The quantitative estimate of drug-likeness (QED) is 0.171. The molecule has 1 unspecified atom stereocenters. The molecule has 3 aromatic carbocycles. The molecule has 4 aromatic rings. The monoisotopic (exact) mass is 504 g/mol. The van der Waals surface area contributed by atoms with Gasteiger partial charge in [0.05, 0.1) is 10.6 Å². The number of benzene rings is 3. The van der Waals surface area contributed by atoms with Gasteiger partial charge < -0.3 is 10.6 Å². The number of carbonyl (C=O) groups is 2. The zero-order chi connectivity index (χ0) is 24.8. The number of thioether (sulfide) groups is 1. The number of carbonyl (C=O) groups excluding carboxylic acids is 2. The van der Waals surface area contributed by atoms with Crippen LogP contribution in [0.2, 0.25) is 0 Å². The molecular formula is C25H20N4O4S2. The third-order valence-corrected chi connectivity index (χ3v) is 7.04. The Labute approximate surface area is 209 Å². The summed E-state index contributed by atoms with van der Waals surface area (Å²) in [4.78, 5) is 41.0. The van der Waals surface area contributed by atoms with E-state index in [1.54, 1.807) is 12.1 Å². The van der Waals surface area contributed by atoms with Crippen LogP contribution in [0.1, 0.15) is 26.9 Å². The van der Waals surface area contributed by atoms with Gasteiger partial charge in [-0.1, -0.05) is 30.3 Å². The zero-order valence-electron chi connectivity index (χ0n) is 18.5. The summed E-state index contributed by atoms with van der Waals surface area (Å²) in [5.74, 6) is -0.549. The van der Waals surface area contributed by atoms with Crippen molar-refractivity contribution in [3.63, 3.8) is 0 Å². The Morgan fingerprint density at radius 2 is 1.66 bits per heavy atom. The molecule has 0 bridgehead atoms. The summed E-state index contributed by atoms with van der Waals surface area (Å²) in [6.07, 6.45) is 0. The van der Waals surface area contributed by atoms with E-state index in [0.29, 0.717) is 16.4 Å². The number of aryl methyl sites for hydroxylation is 1. The van der Waals surface area contributed by atoms with Gasteiger partial charge in [-0.3, -0.25) is 19.7 Å². The Bertz CT molecular complexity index is 1340. The molecule has 10 heteroatoms. The van der Waals surface area contributed by atoms with Crippen molar-refractivity contribution in [3.05, 3.63) is 111 Å². The van der Waals surface area contributed by atoms with Crippen LogP contribution in [0, 0.1) is 17.0 Å². The van der Waals surface area contributed by atoms with Gasteiger partial charge in [0.25, 0.3) is 11.6 Å². The standard InChI is InChI=1S/C25H20N4O4S2/c1-16-15-34-25(26-16)28-24(31)22(17-5-3-2-4-6-17)35-21-13-9-19(10-14-21)27-23(30)18-7-11-20(12-8-18)29(32)33/h2-15,22H,1H3,(H,27,30)(H,26,28,31). The van der Waals surface area contributed by atoms with E-state index in [0.717, 1.165) is 16.2 Å². The highest BCUT2D eigenvalue weighted by atomic mass is 32.2. The molecule has 2 amide bonds. The predicted octanol–water partition coefficient (Wildman–Crippen LogP) is 6.08. The molecule has 0 fully saturated rings. The van der Waals surface area contributed by atoms with Gasteiger partial charge in [0, 0.05) is 33.7 Å². The van der Waals surface area contributed by atoms with Crippen molar-refractivity contribution in [2.24, 2.45) is 0 Å². The van der Waals surface area contributed by atoms with Crippen LogP contribution in [0.15, 0.2) is 89.1 Å². The van der Waals surface area contributed by atoms with E-state index in [2.05, 4.69) is 15.6 Å². The molecule has 0 aliphatic rings. The first-order valence-electron chi connectivity index (χ1n) is 10.5. The van der Waals surface area contributed by atoms with Gasteiger partial charge in [-0.15, -0.1) is 23.1 Å². The summed E-state index contributed by atoms with van der Waals surface area (Å²) in [5, 5.41) is 18.4. The molecule has 35 heavy (non-hydrogen) atoms. The molecule has 176 valence electrons. The maximum atomic E-state index is 13.1. The second-order valence-corrected chi connectivity index (χ2v) is 9.51. The highest BCUT2D eigenvalue weighted by molar-refractivity contribution is 8.00. The lowest BCUT2D eigenvalue weighted by Gasteiger charge is -2.16. The minimum atomic E-state index is -0.515. The first kappa shape index (κ1) is 24.1. The van der Waals surface area contributed by atoms with Crippen LogP contribution in [0.25, 0.3) is 0 Å². The fourth-order valence-corrected chi connectivity index (χ4v) is 4.89. The van der Waals surface area contributed by atoms with Gasteiger partial charge in [-0.2, -0.15) is 0 Å². The molecule has 0 saturated carbocycles. The maximum Gasteiger partial charge on any atom is 0.269 e. The van der Waals surface area contributed by atoms with Gasteiger partial charge in [-0.25, -0.2) is 4.98 Å². The first-order chi connectivity index (χ1) is 16.9. The topological polar surface area (TPSA) is 114 Å². The largest absolute Gasteiger partial charge is 0.322 e. The number of nitro benzene ring substituents is 1. The number of nitro groups is 1. The van der Waals surface area contributed by atoms with Crippen LogP contribution in [0.4, 0.5) is 16.5 Å². The van der Waals surface area contributed by atoms with E-state index < -0.39 is 10.2 Å². The normalized spacial score (nSPS) is 11.5. The number of non-ortho nitro benzene ring substituents is 1. The van der Waals surface area contributed by atoms with Gasteiger partial charge in [0.2, 0.25) is 5.91 Å². The number of rotatable bonds is 8. The van der Waals surface area contributed by atoms with Crippen LogP contribution < -0.4 is 10.6 Å². The zero-order valence-corrected chi connectivity index (χ0v) is 20.1. The average Bonchev–Trinajstić information content (AvgIpc) is 3.28. The van der Waals surface area contributed by atoms with Gasteiger partial charge >= 0.3 is 0 Å². The van der Waals surface area contributed by atoms with Crippen LogP contribution in [-0.4, -0.2) is 21.7 Å². The summed E-state index contributed by atoms with van der Waals surface area (Å²) in [5.41, 5.74) is 2.51. The number of hydrogen-bond acceptors (Lipinski definition) is 7. The lowest BCUT2D eigenvalue weighted by atomic mass is 10.1. The van der Waals surface area contributed by atoms with E-state index in [1.165, 1.54) is 47.4 Å². The highest BCUT2D eigenvalue weighted by Gasteiger charge is 2.23. The molecule has 0 aliphatic heterocycles. The molecule has 1 heterocycles. The summed E-state index contributed by atoms with van der Waals surface area (Å²) < 4.78 is 0. The van der Waals surface area contributed by atoms with E-state index in [1.807, 2.05) is 54.8 Å². The second kappa shape index (κ2) is 10.9. The minimum absolute atomic E-state index is 0.0788. The fourth-order valence-electron chi connectivity index (χ4n) is 3.17. The van der Waals surface area contributed by atoms with Gasteiger partial charge in [0.15, 0.2) is 5.13 Å². The van der Waals surface area contributed by atoms with Crippen molar-refractivity contribution >= 4 is 51.4 Å². The van der Waals surface area contributed by atoms with E-state index in [4.69, 9.17) is 0 Å². The van der Waals surface area contributed by atoms with Crippen molar-refractivity contribution < 1.29 is 14.5 Å². The van der Waals surface area contributed by atoms with Crippen LogP contribution in [0.5, 0.6) is 0 Å². The van der Waals surface area contributed by atoms with Crippen molar-refractivity contribution in [1.82, 2.24) is 4.98 Å². The Kier molecular flexibility index (Phi) is 7.54. The average molecular weight is 505 g/mol. The van der Waals surface area contributed by atoms with Crippen molar-refractivity contribution in [2.45, 2.75) is 17.1 Å².